The van der Waals surface area contributed by atoms with Crippen LogP contribution >= 0.6 is 11.3 Å². The predicted octanol–water partition coefficient (Wildman–Crippen LogP) is 1.79. The van der Waals surface area contributed by atoms with E-state index in [1.807, 2.05) is 19.1 Å². The van der Waals surface area contributed by atoms with Gasteiger partial charge in [0, 0.05) is 11.4 Å². The summed E-state index contributed by atoms with van der Waals surface area (Å²) in [7, 11) is 0. The maximum Gasteiger partial charge on any atom is 0.261 e. The predicted molar refractivity (Wildman–Crippen MR) is 67.0 cm³/mol. The topological polar surface area (TPSA) is 41.1 Å². The molecule has 1 atom stereocenters. The fourth-order valence-corrected chi connectivity index (χ4v) is 2.76. The molecule has 2 N–H and O–H groups in total. The van der Waals surface area contributed by atoms with Crippen molar-refractivity contribution in [1.29, 1.82) is 0 Å². The van der Waals surface area contributed by atoms with Crippen molar-refractivity contribution in [2.24, 2.45) is 5.92 Å². The SMILES string of the molecule is Cc1ccc(C(=O)NCC2CCCNC2)s1. The molecule has 0 radical (unpaired) electrons. The molecule has 0 bridgehead atoms. The van der Waals surface area contributed by atoms with Crippen LogP contribution in [0.4, 0.5) is 0 Å². The Morgan fingerprint density at radius 3 is 3.12 bits per heavy atom. The second-order valence-corrected chi connectivity index (χ2v) is 5.62. The Morgan fingerprint density at radius 2 is 2.50 bits per heavy atom. The van der Waals surface area contributed by atoms with E-state index in [9.17, 15) is 4.79 Å². The molecule has 88 valence electrons. The van der Waals surface area contributed by atoms with E-state index in [0.717, 1.165) is 24.5 Å². The van der Waals surface area contributed by atoms with Gasteiger partial charge in [-0.1, -0.05) is 0 Å². The fraction of sp³-hybridized carbons (Fsp3) is 0.583. The minimum atomic E-state index is 0.0728. The second-order valence-electron chi connectivity index (χ2n) is 4.33. The van der Waals surface area contributed by atoms with Crippen molar-refractivity contribution in [2.75, 3.05) is 19.6 Å². The minimum Gasteiger partial charge on any atom is -0.351 e. The van der Waals surface area contributed by atoms with Crippen molar-refractivity contribution in [1.82, 2.24) is 10.6 Å². The number of carbonyl (C=O) groups is 1. The summed E-state index contributed by atoms with van der Waals surface area (Å²) in [4.78, 5) is 13.8. The summed E-state index contributed by atoms with van der Waals surface area (Å²) in [6.45, 7) is 4.97. The van der Waals surface area contributed by atoms with Crippen molar-refractivity contribution in [3.8, 4) is 0 Å². The molecule has 2 rings (SSSR count). The normalized spacial score (nSPS) is 20.7. The zero-order valence-electron chi connectivity index (χ0n) is 9.58. The summed E-state index contributed by atoms with van der Waals surface area (Å²) in [5.41, 5.74) is 0. The molecule has 1 fully saturated rings. The molecule has 1 saturated heterocycles. The lowest BCUT2D eigenvalue weighted by molar-refractivity contribution is 0.0949. The highest BCUT2D eigenvalue weighted by Gasteiger charge is 2.14. The number of piperidine rings is 1. The van der Waals surface area contributed by atoms with Gasteiger partial charge in [0.15, 0.2) is 0 Å². The molecule has 0 spiro atoms. The van der Waals surface area contributed by atoms with Crippen LogP contribution in [0.1, 0.15) is 27.4 Å². The lowest BCUT2D eigenvalue weighted by Gasteiger charge is -2.22. The molecule has 1 aromatic rings. The average molecular weight is 238 g/mol. The van der Waals surface area contributed by atoms with Gasteiger partial charge in [0.25, 0.3) is 5.91 Å². The molecule has 0 aliphatic carbocycles. The highest BCUT2D eigenvalue weighted by atomic mass is 32.1. The zero-order valence-corrected chi connectivity index (χ0v) is 10.4. The lowest BCUT2D eigenvalue weighted by atomic mass is 10.00. The van der Waals surface area contributed by atoms with Gasteiger partial charge < -0.3 is 10.6 Å². The van der Waals surface area contributed by atoms with E-state index in [1.54, 1.807) is 11.3 Å². The first-order chi connectivity index (χ1) is 7.75. The van der Waals surface area contributed by atoms with E-state index in [-0.39, 0.29) is 5.91 Å². The van der Waals surface area contributed by atoms with Gasteiger partial charge in [0.2, 0.25) is 0 Å². The standard InChI is InChI=1S/C12H18N2OS/c1-9-4-5-11(16-9)12(15)14-8-10-3-2-6-13-7-10/h4-5,10,13H,2-3,6-8H2,1H3,(H,14,15). The molecule has 4 heteroatoms. The number of thiophene rings is 1. The first-order valence-electron chi connectivity index (χ1n) is 5.81. The third-order valence-electron chi connectivity index (χ3n) is 2.91. The van der Waals surface area contributed by atoms with E-state index < -0.39 is 0 Å². The van der Waals surface area contributed by atoms with Crippen LogP contribution < -0.4 is 10.6 Å². The number of nitrogens with one attached hydrogen (secondary N) is 2. The summed E-state index contributed by atoms with van der Waals surface area (Å²) < 4.78 is 0. The Kier molecular flexibility index (Phi) is 3.96. The summed E-state index contributed by atoms with van der Waals surface area (Å²) in [5, 5.41) is 6.37. The van der Waals surface area contributed by atoms with E-state index in [0.29, 0.717) is 5.92 Å². The molecule has 2 heterocycles. The van der Waals surface area contributed by atoms with Gasteiger partial charge in [-0.05, 0) is 50.9 Å². The fourth-order valence-electron chi connectivity index (χ4n) is 1.98. The molecule has 1 aliphatic heterocycles. The summed E-state index contributed by atoms with van der Waals surface area (Å²) in [5.74, 6) is 0.669. The molecule has 1 amide bonds. The third-order valence-corrected chi connectivity index (χ3v) is 3.91. The molecular formula is C12H18N2OS. The number of amides is 1. The number of hydrogen-bond acceptors (Lipinski definition) is 3. The maximum atomic E-state index is 11.8. The Morgan fingerprint density at radius 1 is 1.62 bits per heavy atom. The Labute approximate surface area is 100 Å². The molecule has 1 aliphatic rings. The molecule has 0 saturated carbocycles. The van der Waals surface area contributed by atoms with Gasteiger partial charge in [-0.15, -0.1) is 11.3 Å². The van der Waals surface area contributed by atoms with Crippen LogP contribution in [0.2, 0.25) is 0 Å². The van der Waals surface area contributed by atoms with Crippen LogP contribution in [0.15, 0.2) is 12.1 Å². The Hall–Kier alpha value is -0.870. The van der Waals surface area contributed by atoms with Gasteiger partial charge in [0.05, 0.1) is 4.88 Å². The summed E-state index contributed by atoms with van der Waals surface area (Å²) >= 11 is 1.55. The van der Waals surface area contributed by atoms with Crippen LogP contribution in [0.3, 0.4) is 0 Å². The van der Waals surface area contributed by atoms with Gasteiger partial charge in [-0.2, -0.15) is 0 Å². The van der Waals surface area contributed by atoms with Crippen molar-refractivity contribution in [3.63, 3.8) is 0 Å². The van der Waals surface area contributed by atoms with Crippen LogP contribution in [0, 0.1) is 12.8 Å². The summed E-state index contributed by atoms with van der Waals surface area (Å²) in [6, 6.07) is 3.89. The van der Waals surface area contributed by atoms with Gasteiger partial charge in [-0.3, -0.25) is 4.79 Å². The summed E-state index contributed by atoms with van der Waals surface area (Å²) in [6.07, 6.45) is 2.44. The van der Waals surface area contributed by atoms with Gasteiger partial charge in [0.1, 0.15) is 0 Å². The molecule has 1 unspecified atom stereocenters. The van der Waals surface area contributed by atoms with Crippen molar-refractivity contribution < 1.29 is 4.79 Å². The maximum absolute atomic E-state index is 11.8. The monoisotopic (exact) mass is 238 g/mol. The van der Waals surface area contributed by atoms with Gasteiger partial charge >= 0.3 is 0 Å². The Bertz CT molecular complexity index is 356. The number of rotatable bonds is 3. The van der Waals surface area contributed by atoms with E-state index in [2.05, 4.69) is 10.6 Å². The second kappa shape index (κ2) is 5.46. The first-order valence-corrected chi connectivity index (χ1v) is 6.62. The number of hydrogen-bond donors (Lipinski definition) is 2. The van der Waals surface area contributed by atoms with E-state index in [4.69, 9.17) is 0 Å². The zero-order chi connectivity index (χ0) is 11.4. The van der Waals surface area contributed by atoms with Crippen LogP contribution in [-0.2, 0) is 0 Å². The van der Waals surface area contributed by atoms with Crippen LogP contribution in [0.25, 0.3) is 0 Å². The van der Waals surface area contributed by atoms with Crippen molar-refractivity contribution in [2.45, 2.75) is 19.8 Å². The molecule has 16 heavy (non-hydrogen) atoms. The van der Waals surface area contributed by atoms with E-state index in [1.165, 1.54) is 17.7 Å². The smallest absolute Gasteiger partial charge is 0.261 e. The highest BCUT2D eigenvalue weighted by molar-refractivity contribution is 7.13. The van der Waals surface area contributed by atoms with E-state index >= 15 is 0 Å². The minimum absolute atomic E-state index is 0.0728. The average Bonchev–Trinajstić information content (AvgIpc) is 2.74. The molecule has 0 aromatic carbocycles. The quantitative estimate of drug-likeness (QED) is 0.843. The van der Waals surface area contributed by atoms with Crippen molar-refractivity contribution >= 4 is 17.2 Å². The number of carbonyl (C=O) groups excluding carboxylic acids is 1. The van der Waals surface area contributed by atoms with Crippen molar-refractivity contribution in [3.05, 3.63) is 21.9 Å². The first kappa shape index (κ1) is 11.6. The molecule has 1 aromatic heterocycles. The molecule has 3 nitrogen and oxygen atoms in total. The lowest BCUT2D eigenvalue weighted by Crippen LogP contribution is -2.37. The largest absolute Gasteiger partial charge is 0.351 e. The third kappa shape index (κ3) is 3.06. The van der Waals surface area contributed by atoms with Gasteiger partial charge in [-0.25, -0.2) is 0 Å². The molecular weight excluding hydrogens is 220 g/mol. The number of aryl methyl sites for hydroxylation is 1. The van der Waals surface area contributed by atoms with Crippen LogP contribution in [0.5, 0.6) is 0 Å². The van der Waals surface area contributed by atoms with Crippen LogP contribution in [-0.4, -0.2) is 25.5 Å². The Balaban J connectivity index is 1.79. The highest BCUT2D eigenvalue weighted by Crippen LogP contribution is 2.15.